The smallest absolute Gasteiger partial charge is 0.160 e. The third-order valence-electron chi connectivity index (χ3n) is 3.56. The molecule has 0 atom stereocenters. The minimum atomic E-state index is -0.367. The fraction of sp³-hybridized carbons (Fsp3) is 0.714. The molecule has 0 amide bonds. The SMILES string of the molecule is CCCNCc1cnc(C2(OC)CCOCC2)nc1. The Morgan fingerprint density at radius 1 is 1.32 bits per heavy atom. The van der Waals surface area contributed by atoms with Crippen LogP contribution in [-0.4, -0.2) is 36.8 Å². The molecule has 0 saturated carbocycles. The fourth-order valence-electron chi connectivity index (χ4n) is 2.31. The van der Waals surface area contributed by atoms with Gasteiger partial charge in [-0.3, -0.25) is 0 Å². The van der Waals surface area contributed by atoms with Crippen molar-refractivity contribution in [1.82, 2.24) is 15.3 Å². The van der Waals surface area contributed by atoms with Crippen LogP contribution < -0.4 is 5.32 Å². The van der Waals surface area contributed by atoms with Crippen molar-refractivity contribution in [3.05, 3.63) is 23.8 Å². The first-order valence-electron chi connectivity index (χ1n) is 6.96. The first-order valence-corrected chi connectivity index (χ1v) is 6.96. The lowest BCUT2D eigenvalue weighted by atomic mass is 9.93. The van der Waals surface area contributed by atoms with Crippen LogP contribution in [0.1, 0.15) is 37.6 Å². The van der Waals surface area contributed by atoms with Gasteiger partial charge in [0.25, 0.3) is 0 Å². The lowest BCUT2D eigenvalue weighted by Crippen LogP contribution is -2.37. The van der Waals surface area contributed by atoms with E-state index in [1.165, 1.54) is 0 Å². The number of methoxy groups -OCH3 is 1. The molecule has 2 heterocycles. The van der Waals surface area contributed by atoms with E-state index in [0.29, 0.717) is 13.2 Å². The number of rotatable bonds is 6. The fourth-order valence-corrected chi connectivity index (χ4v) is 2.31. The molecule has 0 spiro atoms. The van der Waals surface area contributed by atoms with Gasteiger partial charge in [-0.1, -0.05) is 6.92 Å². The van der Waals surface area contributed by atoms with E-state index < -0.39 is 0 Å². The van der Waals surface area contributed by atoms with Gasteiger partial charge in [0.1, 0.15) is 5.60 Å². The number of ether oxygens (including phenoxy) is 2. The summed E-state index contributed by atoms with van der Waals surface area (Å²) in [5.41, 5.74) is 0.740. The number of nitrogens with zero attached hydrogens (tertiary/aromatic N) is 2. The Labute approximate surface area is 114 Å². The van der Waals surface area contributed by atoms with Gasteiger partial charge in [0.2, 0.25) is 0 Å². The van der Waals surface area contributed by atoms with Crippen LogP contribution in [0.4, 0.5) is 0 Å². The number of aromatic nitrogens is 2. The number of nitrogens with one attached hydrogen (secondary N) is 1. The average molecular weight is 265 g/mol. The molecule has 5 heteroatoms. The first-order chi connectivity index (χ1) is 9.30. The molecule has 0 radical (unpaired) electrons. The summed E-state index contributed by atoms with van der Waals surface area (Å²) in [5, 5.41) is 3.34. The highest BCUT2D eigenvalue weighted by Gasteiger charge is 2.37. The number of hydrogen-bond donors (Lipinski definition) is 1. The van der Waals surface area contributed by atoms with E-state index in [2.05, 4.69) is 22.2 Å². The molecular weight excluding hydrogens is 242 g/mol. The molecule has 19 heavy (non-hydrogen) atoms. The third kappa shape index (κ3) is 3.49. The summed E-state index contributed by atoms with van der Waals surface area (Å²) < 4.78 is 11.1. The largest absolute Gasteiger partial charge is 0.381 e. The molecule has 1 aromatic rings. The van der Waals surface area contributed by atoms with Crippen LogP contribution in [0.15, 0.2) is 12.4 Å². The highest BCUT2D eigenvalue weighted by atomic mass is 16.5. The van der Waals surface area contributed by atoms with Crippen LogP contribution in [0.2, 0.25) is 0 Å². The van der Waals surface area contributed by atoms with Gasteiger partial charge in [-0.05, 0) is 13.0 Å². The minimum absolute atomic E-state index is 0.367. The predicted octanol–water partition coefficient (Wildman–Crippen LogP) is 1.63. The summed E-state index contributed by atoms with van der Waals surface area (Å²) in [6.45, 7) is 5.40. The molecule has 1 N–H and O–H groups in total. The Hall–Kier alpha value is -1.04. The molecule has 1 aliphatic heterocycles. The van der Waals surface area contributed by atoms with Gasteiger partial charge in [0, 0.05) is 57.7 Å². The Bertz CT molecular complexity index is 375. The highest BCUT2D eigenvalue weighted by molar-refractivity contribution is 5.10. The summed E-state index contributed by atoms with van der Waals surface area (Å²) in [7, 11) is 1.73. The molecule has 0 aliphatic carbocycles. The molecule has 0 unspecified atom stereocenters. The van der Waals surface area contributed by atoms with E-state index in [4.69, 9.17) is 9.47 Å². The van der Waals surface area contributed by atoms with Gasteiger partial charge in [0.15, 0.2) is 5.82 Å². The molecule has 0 aromatic carbocycles. The van der Waals surface area contributed by atoms with Crippen molar-refractivity contribution in [2.45, 2.75) is 38.3 Å². The Morgan fingerprint density at radius 3 is 2.58 bits per heavy atom. The lowest BCUT2D eigenvalue weighted by molar-refractivity contribution is -0.1000. The Morgan fingerprint density at radius 2 is 2.00 bits per heavy atom. The molecule has 106 valence electrons. The summed E-state index contributed by atoms with van der Waals surface area (Å²) in [5.74, 6) is 0.776. The molecule has 2 rings (SSSR count). The van der Waals surface area contributed by atoms with Crippen molar-refractivity contribution in [1.29, 1.82) is 0 Å². The van der Waals surface area contributed by atoms with Crippen LogP contribution >= 0.6 is 0 Å². The molecule has 1 aliphatic rings. The third-order valence-corrected chi connectivity index (χ3v) is 3.56. The zero-order valence-electron chi connectivity index (χ0n) is 11.8. The second kappa shape index (κ2) is 6.93. The highest BCUT2D eigenvalue weighted by Crippen LogP contribution is 2.32. The van der Waals surface area contributed by atoms with Gasteiger partial charge >= 0.3 is 0 Å². The summed E-state index contributed by atoms with van der Waals surface area (Å²) in [6, 6.07) is 0. The molecular formula is C14H23N3O2. The minimum Gasteiger partial charge on any atom is -0.381 e. The van der Waals surface area contributed by atoms with E-state index >= 15 is 0 Å². The summed E-state index contributed by atoms with van der Waals surface area (Å²) in [6.07, 6.45) is 6.54. The standard InChI is InChI=1S/C14H23N3O2/c1-3-6-15-9-12-10-16-13(17-11-12)14(18-2)4-7-19-8-5-14/h10-11,15H,3-9H2,1-2H3. The predicted molar refractivity (Wildman–Crippen MR) is 72.8 cm³/mol. The first kappa shape index (κ1) is 14.4. The molecule has 1 saturated heterocycles. The maximum absolute atomic E-state index is 5.68. The van der Waals surface area contributed by atoms with E-state index in [9.17, 15) is 0 Å². The van der Waals surface area contributed by atoms with Crippen molar-refractivity contribution >= 4 is 0 Å². The van der Waals surface area contributed by atoms with Crippen LogP contribution in [0, 0.1) is 0 Å². The molecule has 0 bridgehead atoms. The quantitative estimate of drug-likeness (QED) is 0.792. The van der Waals surface area contributed by atoms with Crippen LogP contribution in [0.5, 0.6) is 0 Å². The lowest BCUT2D eigenvalue weighted by Gasteiger charge is -2.34. The monoisotopic (exact) mass is 265 g/mol. The average Bonchev–Trinajstić information content (AvgIpc) is 2.49. The van der Waals surface area contributed by atoms with Gasteiger partial charge in [-0.25, -0.2) is 9.97 Å². The van der Waals surface area contributed by atoms with Gasteiger partial charge in [-0.15, -0.1) is 0 Å². The Balaban J connectivity index is 2.03. The second-order valence-corrected chi connectivity index (χ2v) is 4.90. The van der Waals surface area contributed by atoms with E-state index in [1.807, 2.05) is 12.4 Å². The maximum Gasteiger partial charge on any atom is 0.160 e. The van der Waals surface area contributed by atoms with Crippen molar-refractivity contribution in [3.8, 4) is 0 Å². The summed E-state index contributed by atoms with van der Waals surface area (Å²) >= 11 is 0. The topological polar surface area (TPSA) is 56.3 Å². The van der Waals surface area contributed by atoms with Crippen LogP contribution in [-0.2, 0) is 21.6 Å². The zero-order valence-corrected chi connectivity index (χ0v) is 11.8. The van der Waals surface area contributed by atoms with Crippen molar-refractivity contribution in [2.24, 2.45) is 0 Å². The van der Waals surface area contributed by atoms with E-state index in [-0.39, 0.29) is 5.60 Å². The summed E-state index contributed by atoms with van der Waals surface area (Å²) in [4.78, 5) is 8.98. The van der Waals surface area contributed by atoms with Crippen molar-refractivity contribution in [3.63, 3.8) is 0 Å². The second-order valence-electron chi connectivity index (χ2n) is 4.90. The van der Waals surface area contributed by atoms with Crippen molar-refractivity contribution < 1.29 is 9.47 Å². The van der Waals surface area contributed by atoms with Crippen LogP contribution in [0.3, 0.4) is 0 Å². The maximum atomic E-state index is 5.68. The van der Waals surface area contributed by atoms with E-state index in [0.717, 1.165) is 43.7 Å². The van der Waals surface area contributed by atoms with Crippen LogP contribution in [0.25, 0.3) is 0 Å². The van der Waals surface area contributed by atoms with Gasteiger partial charge < -0.3 is 14.8 Å². The Kier molecular flexibility index (Phi) is 5.24. The van der Waals surface area contributed by atoms with Crippen molar-refractivity contribution in [2.75, 3.05) is 26.9 Å². The number of hydrogen-bond acceptors (Lipinski definition) is 5. The van der Waals surface area contributed by atoms with Gasteiger partial charge in [0.05, 0.1) is 0 Å². The molecule has 1 aromatic heterocycles. The zero-order chi connectivity index (χ0) is 13.6. The normalized spacial score (nSPS) is 18.4. The molecule has 5 nitrogen and oxygen atoms in total. The van der Waals surface area contributed by atoms with E-state index in [1.54, 1.807) is 7.11 Å². The molecule has 1 fully saturated rings. The van der Waals surface area contributed by atoms with Gasteiger partial charge in [-0.2, -0.15) is 0 Å².